The number of fused-ring (bicyclic) bond motifs is 1. The van der Waals surface area contributed by atoms with Crippen LogP contribution in [0.1, 0.15) is 25.1 Å². The normalized spacial score (nSPS) is 14.3. The topological polar surface area (TPSA) is 51.7 Å². The van der Waals surface area contributed by atoms with Gasteiger partial charge in [-0.1, -0.05) is 19.9 Å². The predicted octanol–water partition coefficient (Wildman–Crippen LogP) is 1.65. The van der Waals surface area contributed by atoms with Crippen molar-refractivity contribution in [1.82, 2.24) is 9.88 Å². The molecule has 1 aliphatic rings. The third kappa shape index (κ3) is 3.48. The first-order chi connectivity index (χ1) is 9.61. The number of ether oxygens (including phenoxy) is 2. The van der Waals surface area contributed by atoms with Crippen LogP contribution in [0.15, 0.2) is 12.1 Å². The fraction of sp³-hybridized carbons (Fsp3) is 0.600. The molecule has 1 amide bonds. The van der Waals surface area contributed by atoms with Crippen molar-refractivity contribution in [2.24, 2.45) is 5.92 Å². The van der Waals surface area contributed by atoms with Crippen molar-refractivity contribution in [3.63, 3.8) is 0 Å². The molecule has 0 saturated heterocycles. The lowest BCUT2D eigenvalue weighted by molar-refractivity contribution is -0.135. The molecule has 5 nitrogen and oxygen atoms in total. The molecular weight excluding hydrogens is 256 g/mol. The third-order valence-corrected chi connectivity index (χ3v) is 3.37. The van der Waals surface area contributed by atoms with Crippen LogP contribution in [0.25, 0.3) is 0 Å². The standard InChI is InChI=1S/C15H22N2O3/c1-11(2)15(18)17-7-6-13-12(10-17)4-5-14(16-13)20-9-8-19-3/h4-5,11H,6-10H2,1-3H3. The first-order valence-electron chi connectivity index (χ1n) is 7.01. The Morgan fingerprint density at radius 2 is 2.20 bits per heavy atom. The molecule has 0 spiro atoms. The Hall–Kier alpha value is -1.62. The van der Waals surface area contributed by atoms with Crippen LogP contribution in [-0.4, -0.2) is 42.7 Å². The van der Waals surface area contributed by atoms with Gasteiger partial charge in [0.25, 0.3) is 0 Å². The lowest BCUT2D eigenvalue weighted by Gasteiger charge is -2.29. The number of hydrogen-bond donors (Lipinski definition) is 0. The summed E-state index contributed by atoms with van der Waals surface area (Å²) in [7, 11) is 1.64. The van der Waals surface area contributed by atoms with Crippen molar-refractivity contribution in [3.05, 3.63) is 23.4 Å². The molecule has 0 unspecified atom stereocenters. The Morgan fingerprint density at radius 3 is 2.90 bits per heavy atom. The second-order valence-electron chi connectivity index (χ2n) is 5.26. The Morgan fingerprint density at radius 1 is 1.40 bits per heavy atom. The lowest BCUT2D eigenvalue weighted by Crippen LogP contribution is -2.38. The predicted molar refractivity (Wildman–Crippen MR) is 75.6 cm³/mol. The quantitative estimate of drug-likeness (QED) is 0.768. The molecule has 0 bridgehead atoms. The Bertz CT molecular complexity index is 474. The van der Waals surface area contributed by atoms with Crippen molar-refractivity contribution < 1.29 is 14.3 Å². The van der Waals surface area contributed by atoms with Crippen LogP contribution < -0.4 is 4.74 Å². The van der Waals surface area contributed by atoms with Gasteiger partial charge in [0, 0.05) is 38.6 Å². The minimum atomic E-state index is 0.0427. The van der Waals surface area contributed by atoms with Gasteiger partial charge in [-0.3, -0.25) is 4.79 Å². The van der Waals surface area contributed by atoms with Gasteiger partial charge in [-0.15, -0.1) is 0 Å². The first kappa shape index (κ1) is 14.8. The highest BCUT2D eigenvalue weighted by Gasteiger charge is 2.23. The van der Waals surface area contributed by atoms with Crippen molar-refractivity contribution in [2.45, 2.75) is 26.8 Å². The van der Waals surface area contributed by atoms with Crippen LogP contribution >= 0.6 is 0 Å². The van der Waals surface area contributed by atoms with E-state index in [4.69, 9.17) is 9.47 Å². The second kappa shape index (κ2) is 6.70. The summed E-state index contributed by atoms with van der Waals surface area (Å²) in [5.41, 5.74) is 2.15. The summed E-state index contributed by atoms with van der Waals surface area (Å²) >= 11 is 0. The lowest BCUT2D eigenvalue weighted by atomic mass is 10.0. The van der Waals surface area contributed by atoms with E-state index in [0.29, 0.717) is 25.6 Å². The summed E-state index contributed by atoms with van der Waals surface area (Å²) in [5, 5.41) is 0. The Kier molecular flexibility index (Phi) is 4.95. The third-order valence-electron chi connectivity index (χ3n) is 3.37. The number of nitrogens with zero attached hydrogens (tertiary/aromatic N) is 2. The van der Waals surface area contributed by atoms with Crippen molar-refractivity contribution in [2.75, 3.05) is 26.9 Å². The molecule has 5 heteroatoms. The highest BCUT2D eigenvalue weighted by molar-refractivity contribution is 5.78. The molecule has 0 atom stereocenters. The molecule has 2 heterocycles. The average Bonchev–Trinajstić information content (AvgIpc) is 2.46. The van der Waals surface area contributed by atoms with E-state index in [9.17, 15) is 4.79 Å². The smallest absolute Gasteiger partial charge is 0.225 e. The molecule has 20 heavy (non-hydrogen) atoms. The van der Waals surface area contributed by atoms with E-state index in [1.54, 1.807) is 7.11 Å². The zero-order valence-corrected chi connectivity index (χ0v) is 12.4. The number of amides is 1. The van der Waals surface area contributed by atoms with Crippen LogP contribution in [0.3, 0.4) is 0 Å². The maximum Gasteiger partial charge on any atom is 0.225 e. The van der Waals surface area contributed by atoms with Gasteiger partial charge >= 0.3 is 0 Å². The van der Waals surface area contributed by atoms with Crippen LogP contribution in [0.2, 0.25) is 0 Å². The van der Waals surface area contributed by atoms with Crippen LogP contribution in [0.4, 0.5) is 0 Å². The molecule has 1 aliphatic heterocycles. The summed E-state index contributed by atoms with van der Waals surface area (Å²) < 4.78 is 10.5. The summed E-state index contributed by atoms with van der Waals surface area (Å²) in [5.74, 6) is 0.877. The molecule has 0 fully saturated rings. The highest BCUT2D eigenvalue weighted by atomic mass is 16.5. The summed E-state index contributed by atoms with van der Waals surface area (Å²) in [4.78, 5) is 18.4. The van der Waals surface area contributed by atoms with E-state index in [-0.39, 0.29) is 11.8 Å². The van der Waals surface area contributed by atoms with Gasteiger partial charge in [-0.05, 0) is 5.56 Å². The van der Waals surface area contributed by atoms with Gasteiger partial charge in [0.1, 0.15) is 6.61 Å². The zero-order chi connectivity index (χ0) is 14.5. The highest BCUT2D eigenvalue weighted by Crippen LogP contribution is 2.21. The maximum absolute atomic E-state index is 12.0. The number of methoxy groups -OCH3 is 1. The van der Waals surface area contributed by atoms with E-state index >= 15 is 0 Å². The average molecular weight is 278 g/mol. The number of carbonyl (C=O) groups is 1. The molecule has 0 radical (unpaired) electrons. The van der Waals surface area contributed by atoms with Crippen LogP contribution in [0.5, 0.6) is 5.88 Å². The van der Waals surface area contributed by atoms with Crippen molar-refractivity contribution >= 4 is 5.91 Å². The van der Waals surface area contributed by atoms with Gasteiger partial charge in [0.15, 0.2) is 0 Å². The molecule has 0 N–H and O–H groups in total. The summed E-state index contributed by atoms with van der Waals surface area (Å²) in [6.45, 7) is 6.30. The number of pyridine rings is 1. The largest absolute Gasteiger partial charge is 0.475 e. The molecule has 0 saturated carbocycles. The SMILES string of the molecule is COCCOc1ccc2c(n1)CCN(C(=O)C(C)C)C2. The van der Waals surface area contributed by atoms with Crippen molar-refractivity contribution in [3.8, 4) is 5.88 Å². The van der Waals surface area contributed by atoms with Gasteiger partial charge in [0.05, 0.1) is 12.3 Å². The van der Waals surface area contributed by atoms with Gasteiger partial charge in [0.2, 0.25) is 11.8 Å². The fourth-order valence-electron chi connectivity index (χ4n) is 2.26. The van der Waals surface area contributed by atoms with E-state index in [0.717, 1.165) is 24.2 Å². The minimum absolute atomic E-state index is 0.0427. The monoisotopic (exact) mass is 278 g/mol. The molecule has 0 aliphatic carbocycles. The molecular formula is C15H22N2O3. The first-order valence-corrected chi connectivity index (χ1v) is 7.01. The van der Waals surface area contributed by atoms with Gasteiger partial charge in [-0.2, -0.15) is 0 Å². The zero-order valence-electron chi connectivity index (χ0n) is 12.4. The van der Waals surface area contributed by atoms with Gasteiger partial charge in [-0.25, -0.2) is 4.98 Å². The van der Waals surface area contributed by atoms with Crippen LogP contribution in [0, 0.1) is 5.92 Å². The van der Waals surface area contributed by atoms with E-state index in [1.165, 1.54) is 0 Å². The van der Waals surface area contributed by atoms with Crippen molar-refractivity contribution in [1.29, 1.82) is 0 Å². The van der Waals surface area contributed by atoms with Crippen LogP contribution in [-0.2, 0) is 22.5 Å². The molecule has 1 aromatic rings. The number of hydrogen-bond acceptors (Lipinski definition) is 4. The number of carbonyl (C=O) groups excluding carboxylic acids is 1. The Balaban J connectivity index is 2.02. The molecule has 2 rings (SSSR count). The number of rotatable bonds is 5. The van der Waals surface area contributed by atoms with Gasteiger partial charge < -0.3 is 14.4 Å². The second-order valence-corrected chi connectivity index (χ2v) is 5.26. The summed E-state index contributed by atoms with van der Waals surface area (Å²) in [6.07, 6.45) is 0.787. The molecule has 110 valence electrons. The van der Waals surface area contributed by atoms with E-state index in [2.05, 4.69) is 4.98 Å². The Labute approximate surface area is 119 Å². The number of aromatic nitrogens is 1. The minimum Gasteiger partial charge on any atom is -0.475 e. The molecule has 1 aromatic heterocycles. The summed E-state index contributed by atoms with van der Waals surface area (Å²) in [6, 6.07) is 3.86. The van der Waals surface area contributed by atoms with E-state index in [1.807, 2.05) is 30.9 Å². The van der Waals surface area contributed by atoms with E-state index < -0.39 is 0 Å². The molecule has 0 aromatic carbocycles. The fourth-order valence-corrected chi connectivity index (χ4v) is 2.26. The maximum atomic E-state index is 12.0.